The number of benzene rings is 1. The standard InChI is InChI=1S/C11H12ClNO4S2/c12-9-2-1-7(11(14)15)5-10(9)19(16,17)13-8-3-4-18-6-8/h1-2,5,8,13H,3-4,6H2,(H,14,15). The topological polar surface area (TPSA) is 83.5 Å². The molecule has 1 aliphatic heterocycles. The molecule has 2 N–H and O–H groups in total. The van der Waals surface area contributed by atoms with Crippen molar-refractivity contribution in [2.45, 2.75) is 17.4 Å². The zero-order valence-electron chi connectivity index (χ0n) is 9.80. The molecule has 1 aromatic carbocycles. The zero-order valence-corrected chi connectivity index (χ0v) is 12.2. The van der Waals surface area contributed by atoms with Gasteiger partial charge in [0.1, 0.15) is 4.90 Å². The van der Waals surface area contributed by atoms with Gasteiger partial charge in [0.15, 0.2) is 0 Å². The first-order valence-electron chi connectivity index (χ1n) is 5.53. The van der Waals surface area contributed by atoms with E-state index in [1.165, 1.54) is 12.1 Å². The third-order valence-electron chi connectivity index (χ3n) is 2.72. The van der Waals surface area contributed by atoms with Crippen molar-refractivity contribution in [3.8, 4) is 0 Å². The average molecular weight is 322 g/mol. The number of carboxylic acids is 1. The summed E-state index contributed by atoms with van der Waals surface area (Å²) in [4.78, 5) is 10.7. The molecule has 19 heavy (non-hydrogen) atoms. The van der Waals surface area contributed by atoms with Gasteiger partial charge < -0.3 is 5.11 Å². The molecule has 1 heterocycles. The van der Waals surface area contributed by atoms with Gasteiger partial charge >= 0.3 is 5.97 Å². The Morgan fingerprint density at radius 2 is 2.21 bits per heavy atom. The summed E-state index contributed by atoms with van der Waals surface area (Å²) in [6.45, 7) is 0. The van der Waals surface area contributed by atoms with Crippen molar-refractivity contribution in [2.24, 2.45) is 0 Å². The molecule has 0 aliphatic carbocycles. The van der Waals surface area contributed by atoms with Gasteiger partial charge in [0.05, 0.1) is 10.6 Å². The van der Waals surface area contributed by atoms with Gasteiger partial charge in [-0.3, -0.25) is 0 Å². The molecule has 0 amide bonds. The summed E-state index contributed by atoms with van der Waals surface area (Å²) in [6.07, 6.45) is 0.764. The lowest BCUT2D eigenvalue weighted by Crippen LogP contribution is -2.34. The average Bonchev–Trinajstić information content (AvgIpc) is 2.81. The Kier molecular flexibility index (Phi) is 4.39. The van der Waals surface area contributed by atoms with Crippen molar-refractivity contribution in [3.63, 3.8) is 0 Å². The Bertz CT molecular complexity index is 597. The van der Waals surface area contributed by atoms with Crippen LogP contribution in [0.25, 0.3) is 0 Å². The molecular weight excluding hydrogens is 310 g/mol. The Morgan fingerprint density at radius 3 is 2.79 bits per heavy atom. The third-order valence-corrected chi connectivity index (χ3v) is 5.88. The van der Waals surface area contributed by atoms with E-state index in [0.717, 1.165) is 24.0 Å². The van der Waals surface area contributed by atoms with Gasteiger partial charge in [-0.05, 0) is 30.4 Å². The van der Waals surface area contributed by atoms with Crippen molar-refractivity contribution in [3.05, 3.63) is 28.8 Å². The molecule has 104 valence electrons. The lowest BCUT2D eigenvalue weighted by molar-refractivity contribution is 0.0696. The highest BCUT2D eigenvalue weighted by atomic mass is 35.5. The third kappa shape index (κ3) is 3.42. The van der Waals surface area contributed by atoms with E-state index in [4.69, 9.17) is 16.7 Å². The first-order chi connectivity index (χ1) is 8.90. The van der Waals surface area contributed by atoms with E-state index in [1.54, 1.807) is 11.8 Å². The number of nitrogens with one attached hydrogen (secondary N) is 1. The van der Waals surface area contributed by atoms with Crippen LogP contribution in [0.15, 0.2) is 23.1 Å². The van der Waals surface area contributed by atoms with Crippen molar-refractivity contribution in [1.29, 1.82) is 0 Å². The van der Waals surface area contributed by atoms with Gasteiger partial charge in [-0.2, -0.15) is 11.8 Å². The number of thioether (sulfide) groups is 1. The van der Waals surface area contributed by atoms with Crippen LogP contribution in [0.3, 0.4) is 0 Å². The van der Waals surface area contributed by atoms with Gasteiger partial charge in [-0.1, -0.05) is 11.6 Å². The number of carboxylic acid groups (broad SMARTS) is 1. The van der Waals surface area contributed by atoms with Crippen LogP contribution in [0.1, 0.15) is 16.8 Å². The monoisotopic (exact) mass is 321 g/mol. The van der Waals surface area contributed by atoms with Crippen LogP contribution in [0.2, 0.25) is 5.02 Å². The highest BCUT2D eigenvalue weighted by molar-refractivity contribution is 7.99. The summed E-state index contributed by atoms with van der Waals surface area (Å²) in [5.41, 5.74) is -0.106. The number of sulfonamides is 1. The number of carbonyl (C=O) groups is 1. The number of aromatic carboxylic acids is 1. The van der Waals surface area contributed by atoms with Crippen molar-refractivity contribution < 1.29 is 18.3 Å². The van der Waals surface area contributed by atoms with Gasteiger partial charge in [0.2, 0.25) is 10.0 Å². The molecule has 0 spiro atoms. The molecule has 2 rings (SSSR count). The van der Waals surface area contributed by atoms with E-state index in [1.807, 2.05) is 0 Å². The molecule has 0 radical (unpaired) electrons. The summed E-state index contributed by atoms with van der Waals surface area (Å²) in [6, 6.07) is 3.51. The molecule has 1 atom stereocenters. The predicted octanol–water partition coefficient (Wildman–Crippen LogP) is 1.82. The van der Waals surface area contributed by atoms with Crippen LogP contribution >= 0.6 is 23.4 Å². The second kappa shape index (κ2) is 5.70. The minimum absolute atomic E-state index is 0.0168. The summed E-state index contributed by atoms with van der Waals surface area (Å²) < 4.78 is 26.9. The molecule has 1 saturated heterocycles. The van der Waals surface area contributed by atoms with Gasteiger partial charge in [-0.25, -0.2) is 17.9 Å². The minimum Gasteiger partial charge on any atom is -0.478 e. The SMILES string of the molecule is O=C(O)c1ccc(Cl)c(S(=O)(=O)NC2CCSC2)c1. The van der Waals surface area contributed by atoms with Gasteiger partial charge in [-0.15, -0.1) is 0 Å². The molecule has 0 saturated carbocycles. The molecular formula is C11H12ClNO4S2. The molecule has 5 nitrogen and oxygen atoms in total. The number of hydrogen-bond acceptors (Lipinski definition) is 4. The fraction of sp³-hybridized carbons (Fsp3) is 0.364. The van der Waals surface area contributed by atoms with Crippen LogP contribution in [0, 0.1) is 0 Å². The number of rotatable bonds is 4. The Labute approximate surface area is 120 Å². The Balaban J connectivity index is 2.33. The fourth-order valence-electron chi connectivity index (χ4n) is 1.75. The summed E-state index contributed by atoms with van der Waals surface area (Å²) in [5, 5.41) is 8.91. The van der Waals surface area contributed by atoms with Crippen LogP contribution in [0.4, 0.5) is 0 Å². The van der Waals surface area contributed by atoms with Crippen molar-refractivity contribution in [2.75, 3.05) is 11.5 Å². The molecule has 1 aromatic rings. The molecule has 1 aliphatic rings. The molecule has 1 fully saturated rings. The quantitative estimate of drug-likeness (QED) is 0.884. The van der Waals surface area contributed by atoms with E-state index in [0.29, 0.717) is 0 Å². The van der Waals surface area contributed by atoms with Crippen LogP contribution < -0.4 is 4.72 Å². The Morgan fingerprint density at radius 1 is 1.47 bits per heavy atom. The smallest absolute Gasteiger partial charge is 0.335 e. The maximum atomic E-state index is 12.2. The lowest BCUT2D eigenvalue weighted by Gasteiger charge is -2.13. The summed E-state index contributed by atoms with van der Waals surface area (Å²) in [7, 11) is -3.79. The highest BCUT2D eigenvalue weighted by Crippen LogP contribution is 2.25. The first kappa shape index (κ1) is 14.6. The molecule has 8 heteroatoms. The number of hydrogen-bond donors (Lipinski definition) is 2. The minimum atomic E-state index is -3.79. The second-order valence-corrected chi connectivity index (χ2v) is 7.37. The van der Waals surface area contributed by atoms with Crippen LogP contribution in [0.5, 0.6) is 0 Å². The van der Waals surface area contributed by atoms with Gasteiger partial charge in [0, 0.05) is 11.8 Å². The fourth-order valence-corrected chi connectivity index (χ4v) is 4.81. The number of halogens is 1. The van der Waals surface area contributed by atoms with E-state index in [-0.39, 0.29) is 21.5 Å². The first-order valence-corrected chi connectivity index (χ1v) is 8.54. The van der Waals surface area contributed by atoms with Crippen molar-refractivity contribution in [1.82, 2.24) is 4.72 Å². The summed E-state index contributed by atoms with van der Waals surface area (Å²) >= 11 is 7.53. The maximum Gasteiger partial charge on any atom is 0.335 e. The van der Waals surface area contributed by atoms with E-state index < -0.39 is 16.0 Å². The lowest BCUT2D eigenvalue weighted by atomic mass is 10.2. The largest absolute Gasteiger partial charge is 0.478 e. The van der Waals surface area contributed by atoms with Crippen LogP contribution in [-0.2, 0) is 10.0 Å². The van der Waals surface area contributed by atoms with Crippen molar-refractivity contribution >= 4 is 39.4 Å². The maximum absolute atomic E-state index is 12.2. The van der Waals surface area contributed by atoms with Crippen LogP contribution in [-0.4, -0.2) is 37.0 Å². The highest BCUT2D eigenvalue weighted by Gasteiger charge is 2.25. The summed E-state index contributed by atoms with van der Waals surface area (Å²) in [5.74, 6) is 0.440. The molecule has 0 bridgehead atoms. The van der Waals surface area contributed by atoms with E-state index in [2.05, 4.69) is 4.72 Å². The molecule has 1 unspecified atom stereocenters. The van der Waals surface area contributed by atoms with E-state index >= 15 is 0 Å². The Hall–Kier alpha value is -0.760. The second-order valence-electron chi connectivity index (χ2n) is 4.13. The van der Waals surface area contributed by atoms with E-state index in [9.17, 15) is 13.2 Å². The zero-order chi connectivity index (χ0) is 14.0. The van der Waals surface area contributed by atoms with Gasteiger partial charge in [0.25, 0.3) is 0 Å². The normalized spacial score (nSPS) is 19.5. The molecule has 0 aromatic heterocycles. The predicted molar refractivity (Wildman–Crippen MR) is 74.5 cm³/mol.